The fourth-order valence-corrected chi connectivity index (χ4v) is 8.25. The molecule has 2 aromatic rings. The lowest BCUT2D eigenvalue weighted by Gasteiger charge is -2.28. The monoisotopic (exact) mass is 503 g/mol. The van der Waals surface area contributed by atoms with Crippen LogP contribution in [-0.4, -0.2) is 72.9 Å². The molecule has 2 aliphatic rings. The van der Waals surface area contributed by atoms with E-state index in [1.54, 1.807) is 17.8 Å². The quantitative estimate of drug-likeness (QED) is 0.383. The van der Waals surface area contributed by atoms with Crippen LogP contribution in [0.15, 0.2) is 30.5 Å². The van der Waals surface area contributed by atoms with Gasteiger partial charge in [-0.2, -0.15) is 0 Å². The lowest BCUT2D eigenvalue weighted by molar-refractivity contribution is -0.118. The first kappa shape index (κ1) is 25.9. The molecule has 192 valence electrons. The van der Waals surface area contributed by atoms with Crippen LogP contribution in [0.3, 0.4) is 0 Å². The molecule has 35 heavy (non-hydrogen) atoms. The number of rotatable bonds is 10. The van der Waals surface area contributed by atoms with Crippen LogP contribution in [0.2, 0.25) is 18.6 Å². The molecule has 3 heterocycles. The number of nitrogens with one attached hydrogen (secondary N) is 1. The number of hydrogen-bond acceptors (Lipinski definition) is 6. The number of nitrogens with zero attached hydrogens (tertiary/aromatic N) is 4. The minimum atomic E-state index is -2.94. The van der Waals surface area contributed by atoms with E-state index in [1.165, 1.54) is 5.56 Å². The number of aromatic nitrogens is 3. The molecule has 2 saturated heterocycles. The van der Waals surface area contributed by atoms with Crippen molar-refractivity contribution >= 4 is 20.0 Å². The van der Waals surface area contributed by atoms with Crippen LogP contribution in [0.5, 0.6) is 0 Å². The second-order valence-corrected chi connectivity index (χ2v) is 14.1. The Morgan fingerprint density at radius 1 is 1.26 bits per heavy atom. The average Bonchev–Trinajstić information content (AvgIpc) is 3.40. The normalized spacial score (nSPS) is 25.4. The van der Waals surface area contributed by atoms with E-state index < -0.39 is 8.41 Å². The van der Waals surface area contributed by atoms with Crippen LogP contribution in [-0.2, 0) is 28.9 Å². The number of anilines is 1. The molecule has 2 aliphatic heterocycles. The number of carbonyl (C=O) groups excluding carboxylic acids is 1. The largest absolute Gasteiger partial charge is 0.396 e. The zero-order valence-electron chi connectivity index (χ0n) is 21.0. The van der Waals surface area contributed by atoms with Gasteiger partial charge in [-0.25, -0.2) is 0 Å². The number of aliphatic hydroxyl groups excluding tert-OH is 1. The molecule has 0 saturated carbocycles. The summed E-state index contributed by atoms with van der Waals surface area (Å²) in [5.41, 5.74) is 2.79. The summed E-state index contributed by atoms with van der Waals surface area (Å²) in [7, 11) is -2.94. The highest BCUT2D eigenvalue weighted by molar-refractivity contribution is 6.72. The maximum atomic E-state index is 15.4. The third-order valence-corrected chi connectivity index (χ3v) is 9.80. The molecule has 1 aromatic carbocycles. The van der Waals surface area contributed by atoms with Crippen molar-refractivity contribution in [3.05, 3.63) is 41.7 Å². The molecule has 10 heteroatoms. The average molecular weight is 504 g/mol. The summed E-state index contributed by atoms with van der Waals surface area (Å²) in [6, 6.07) is 8.18. The molecule has 2 N–H and O–H groups in total. The minimum Gasteiger partial charge on any atom is -0.396 e. The maximum Gasteiger partial charge on any atom is 0.246 e. The maximum absolute atomic E-state index is 15.4. The Morgan fingerprint density at radius 2 is 2.09 bits per heavy atom. The van der Waals surface area contributed by atoms with Crippen LogP contribution in [0.25, 0.3) is 0 Å². The van der Waals surface area contributed by atoms with Crippen molar-refractivity contribution in [1.82, 2.24) is 20.3 Å². The summed E-state index contributed by atoms with van der Waals surface area (Å²) in [5, 5.41) is 20.4. The second kappa shape index (κ2) is 11.3. The minimum absolute atomic E-state index is 0.00213. The molecule has 0 spiro atoms. The van der Waals surface area contributed by atoms with Crippen LogP contribution in [0.4, 0.5) is 9.80 Å². The summed E-state index contributed by atoms with van der Waals surface area (Å²) >= 11 is 0. The van der Waals surface area contributed by atoms with Crippen molar-refractivity contribution in [1.29, 1.82) is 0 Å². The number of benzene rings is 1. The number of piperazine rings is 1. The highest BCUT2D eigenvalue weighted by atomic mass is 28.4. The van der Waals surface area contributed by atoms with E-state index >= 15 is 4.11 Å². The van der Waals surface area contributed by atoms with Crippen molar-refractivity contribution in [3.8, 4) is 0 Å². The van der Waals surface area contributed by atoms with Gasteiger partial charge in [-0.1, -0.05) is 24.3 Å². The SMILES string of the molecule is C[C@@H]1[C@@H]([Si](C)(C)F)[C@H](CCn2cc(CCO)nn2)O[C@@H]1CCc1cccc(N2CCNCC2=O)c1. The first-order valence-electron chi connectivity index (χ1n) is 12.7. The molecule has 1 amide bonds. The van der Waals surface area contributed by atoms with E-state index in [1.807, 2.05) is 23.2 Å². The van der Waals surface area contributed by atoms with Gasteiger partial charge in [-0.15, -0.1) is 5.10 Å². The number of carbonyl (C=O) groups is 1. The first-order valence-corrected chi connectivity index (χ1v) is 15.7. The predicted octanol–water partition coefficient (Wildman–Crippen LogP) is 2.72. The van der Waals surface area contributed by atoms with Gasteiger partial charge in [-0.05, 0) is 56.0 Å². The number of ether oxygens (including phenoxy) is 1. The van der Waals surface area contributed by atoms with Gasteiger partial charge in [0.25, 0.3) is 0 Å². The molecular weight excluding hydrogens is 465 g/mol. The van der Waals surface area contributed by atoms with Gasteiger partial charge >= 0.3 is 0 Å². The fourth-order valence-electron chi connectivity index (χ4n) is 5.65. The predicted molar refractivity (Wildman–Crippen MR) is 136 cm³/mol. The summed E-state index contributed by atoms with van der Waals surface area (Å²) in [6.07, 6.45) is 4.51. The number of amides is 1. The van der Waals surface area contributed by atoms with Crippen molar-refractivity contribution in [2.45, 2.75) is 70.0 Å². The fraction of sp³-hybridized carbons (Fsp3) is 0.640. The Labute approximate surface area is 208 Å². The van der Waals surface area contributed by atoms with Crippen molar-refractivity contribution in [2.75, 3.05) is 31.1 Å². The van der Waals surface area contributed by atoms with E-state index in [2.05, 4.69) is 34.7 Å². The van der Waals surface area contributed by atoms with Crippen LogP contribution >= 0.6 is 0 Å². The molecule has 4 atom stereocenters. The van der Waals surface area contributed by atoms with E-state index in [-0.39, 0.29) is 36.2 Å². The van der Waals surface area contributed by atoms with E-state index in [0.29, 0.717) is 32.5 Å². The summed E-state index contributed by atoms with van der Waals surface area (Å²) < 4.78 is 23.7. The lowest BCUT2D eigenvalue weighted by Crippen LogP contribution is -2.48. The molecule has 0 unspecified atom stereocenters. The second-order valence-electron chi connectivity index (χ2n) is 10.3. The molecule has 8 nitrogen and oxygen atoms in total. The molecule has 0 aliphatic carbocycles. The number of hydrogen-bond donors (Lipinski definition) is 2. The lowest BCUT2D eigenvalue weighted by atomic mass is 9.95. The zero-order valence-corrected chi connectivity index (χ0v) is 22.0. The Kier molecular flexibility index (Phi) is 8.36. The van der Waals surface area contributed by atoms with E-state index in [9.17, 15) is 4.79 Å². The topological polar surface area (TPSA) is 92.5 Å². The Hall–Kier alpha value is -2.14. The van der Waals surface area contributed by atoms with Crippen molar-refractivity contribution in [2.24, 2.45) is 5.92 Å². The van der Waals surface area contributed by atoms with Gasteiger partial charge in [0.2, 0.25) is 14.3 Å². The first-order chi connectivity index (χ1) is 16.8. The Morgan fingerprint density at radius 3 is 2.83 bits per heavy atom. The number of halogens is 1. The Bertz CT molecular complexity index is 997. The molecule has 4 rings (SSSR count). The molecule has 1 aromatic heterocycles. The van der Waals surface area contributed by atoms with E-state index in [0.717, 1.165) is 30.8 Å². The summed E-state index contributed by atoms with van der Waals surface area (Å²) in [4.78, 5) is 14.1. The van der Waals surface area contributed by atoms with Gasteiger partial charge in [0.05, 0.1) is 24.4 Å². The third kappa shape index (κ3) is 6.35. The Balaban J connectivity index is 1.38. The molecule has 0 radical (unpaired) electrons. The van der Waals surface area contributed by atoms with Gasteiger partial charge < -0.3 is 24.2 Å². The highest BCUT2D eigenvalue weighted by Gasteiger charge is 2.50. The molecular formula is C25H38FN5O3Si. The standard InChI is InChI=1S/C25H38FN5O3Si/c1-18-22(8-7-19-5-4-6-21(15-19)31-13-11-27-16-24(31)33)34-23(25(18)35(2,3)26)9-12-30-17-20(10-14-32)28-29-30/h4-6,15,17-18,22-23,25,27,32H,7-14,16H2,1-3H3/t18-,22+,23-,25+/m0/s1. The summed E-state index contributed by atoms with van der Waals surface area (Å²) in [5.74, 6) is 0.239. The van der Waals surface area contributed by atoms with Gasteiger partial charge in [0.1, 0.15) is 0 Å². The highest BCUT2D eigenvalue weighted by Crippen LogP contribution is 2.47. The van der Waals surface area contributed by atoms with Gasteiger partial charge in [-0.3, -0.25) is 9.48 Å². The van der Waals surface area contributed by atoms with Crippen molar-refractivity contribution < 1.29 is 18.7 Å². The molecule has 0 bridgehead atoms. The van der Waals surface area contributed by atoms with Crippen LogP contribution in [0.1, 0.15) is 31.0 Å². The van der Waals surface area contributed by atoms with Crippen LogP contribution < -0.4 is 10.2 Å². The zero-order chi connectivity index (χ0) is 25.0. The van der Waals surface area contributed by atoms with E-state index in [4.69, 9.17) is 9.84 Å². The third-order valence-electron chi connectivity index (χ3n) is 7.32. The smallest absolute Gasteiger partial charge is 0.246 e. The van der Waals surface area contributed by atoms with Gasteiger partial charge in [0.15, 0.2) is 0 Å². The number of aryl methyl sites for hydroxylation is 2. The van der Waals surface area contributed by atoms with Gasteiger partial charge in [0, 0.05) is 50.1 Å². The number of aliphatic hydroxyl groups is 1. The summed E-state index contributed by atoms with van der Waals surface area (Å²) in [6.45, 7) is 8.22. The van der Waals surface area contributed by atoms with Crippen LogP contribution in [0, 0.1) is 5.92 Å². The molecule has 2 fully saturated rings. The van der Waals surface area contributed by atoms with Crippen molar-refractivity contribution in [3.63, 3.8) is 0 Å².